The zero-order valence-electron chi connectivity index (χ0n) is 9.41. The van der Waals surface area contributed by atoms with Crippen LogP contribution < -0.4 is 0 Å². The zero-order chi connectivity index (χ0) is 11.7. The second-order valence-corrected chi connectivity index (χ2v) is 4.05. The van der Waals surface area contributed by atoms with Gasteiger partial charge in [0.1, 0.15) is 6.10 Å². The molecule has 3 nitrogen and oxygen atoms in total. The lowest BCUT2D eigenvalue weighted by molar-refractivity contribution is -0.146. The average Bonchev–Trinajstić information content (AvgIpc) is 2.62. The van der Waals surface area contributed by atoms with Crippen molar-refractivity contribution in [2.24, 2.45) is 0 Å². The Hall–Kier alpha value is -1.82. The molecule has 1 aromatic rings. The lowest BCUT2D eigenvalue weighted by atomic mass is 9.99. The minimum atomic E-state index is -0.250. The van der Waals surface area contributed by atoms with Gasteiger partial charge in [-0.3, -0.25) is 4.79 Å². The third-order valence-corrected chi connectivity index (χ3v) is 3.07. The van der Waals surface area contributed by atoms with Crippen LogP contribution in [0, 0.1) is 18.3 Å². The second kappa shape index (κ2) is 3.97. The molecular formula is C13H13NO2. The number of carbonyl (C=O) groups is 1. The molecule has 0 saturated carbocycles. The minimum absolute atomic E-state index is 0.126. The molecule has 1 atom stereocenters. The largest absolute Gasteiger partial charge is 0.458 e. The molecule has 0 spiro atoms. The fraction of sp³-hybridized carbons (Fsp3) is 0.385. The third-order valence-electron chi connectivity index (χ3n) is 3.07. The Morgan fingerprint density at radius 3 is 2.94 bits per heavy atom. The van der Waals surface area contributed by atoms with Gasteiger partial charge >= 0.3 is 5.97 Å². The monoisotopic (exact) mass is 215 g/mol. The van der Waals surface area contributed by atoms with Crippen molar-refractivity contribution in [2.75, 3.05) is 0 Å². The first-order valence-electron chi connectivity index (χ1n) is 5.33. The Kier molecular flexibility index (Phi) is 2.66. The number of hydrogen-bond donors (Lipinski definition) is 0. The van der Waals surface area contributed by atoms with E-state index in [0.717, 1.165) is 24.0 Å². The van der Waals surface area contributed by atoms with Crippen molar-refractivity contribution in [1.29, 1.82) is 5.26 Å². The maximum absolute atomic E-state index is 10.9. The number of carbonyl (C=O) groups excluding carboxylic acids is 1. The SMILES string of the molecule is CC(=O)O[C@@H]1CCc2c1ccc(C#N)c2C. The molecule has 0 bridgehead atoms. The first-order valence-corrected chi connectivity index (χ1v) is 5.33. The Morgan fingerprint density at radius 1 is 1.56 bits per heavy atom. The summed E-state index contributed by atoms with van der Waals surface area (Å²) in [7, 11) is 0. The molecule has 0 saturated heterocycles. The molecule has 1 aliphatic rings. The summed E-state index contributed by atoms with van der Waals surface area (Å²) in [6.45, 7) is 3.38. The summed E-state index contributed by atoms with van der Waals surface area (Å²) in [6, 6.07) is 5.88. The van der Waals surface area contributed by atoms with Crippen molar-refractivity contribution < 1.29 is 9.53 Å². The predicted molar refractivity (Wildman–Crippen MR) is 58.7 cm³/mol. The molecule has 0 fully saturated rings. The van der Waals surface area contributed by atoms with Gasteiger partial charge < -0.3 is 4.74 Å². The summed E-state index contributed by atoms with van der Waals surface area (Å²) >= 11 is 0. The number of benzene rings is 1. The van der Waals surface area contributed by atoms with Crippen molar-refractivity contribution in [3.8, 4) is 6.07 Å². The number of nitrogens with zero attached hydrogens (tertiary/aromatic N) is 1. The van der Waals surface area contributed by atoms with Crippen molar-refractivity contribution in [1.82, 2.24) is 0 Å². The van der Waals surface area contributed by atoms with Crippen LogP contribution in [-0.2, 0) is 16.0 Å². The summed E-state index contributed by atoms with van der Waals surface area (Å²) in [6.07, 6.45) is 1.58. The number of fused-ring (bicyclic) bond motifs is 1. The molecule has 0 aliphatic heterocycles. The van der Waals surface area contributed by atoms with E-state index < -0.39 is 0 Å². The summed E-state index contributed by atoms with van der Waals surface area (Å²) in [5.41, 5.74) is 3.97. The summed E-state index contributed by atoms with van der Waals surface area (Å²) < 4.78 is 5.24. The van der Waals surface area contributed by atoms with E-state index in [1.54, 1.807) is 6.07 Å². The highest BCUT2D eigenvalue weighted by Crippen LogP contribution is 2.36. The fourth-order valence-electron chi connectivity index (χ4n) is 2.29. The van der Waals surface area contributed by atoms with Crippen molar-refractivity contribution in [2.45, 2.75) is 32.8 Å². The molecule has 0 amide bonds. The van der Waals surface area contributed by atoms with Gasteiger partial charge in [0, 0.05) is 6.92 Å². The molecule has 0 aromatic heterocycles. The first kappa shape index (κ1) is 10.7. The number of nitriles is 1. The van der Waals surface area contributed by atoms with Crippen molar-refractivity contribution >= 4 is 5.97 Å². The second-order valence-electron chi connectivity index (χ2n) is 4.05. The van der Waals surface area contributed by atoms with Gasteiger partial charge in [0.25, 0.3) is 0 Å². The predicted octanol–water partition coefficient (Wildman–Crippen LogP) is 2.42. The van der Waals surface area contributed by atoms with E-state index in [4.69, 9.17) is 10.00 Å². The van der Waals surface area contributed by atoms with Crippen LogP contribution in [-0.4, -0.2) is 5.97 Å². The van der Waals surface area contributed by atoms with Crippen LogP contribution >= 0.6 is 0 Å². The molecular weight excluding hydrogens is 202 g/mol. The van der Waals surface area contributed by atoms with Crippen molar-refractivity contribution in [3.05, 3.63) is 34.4 Å². The van der Waals surface area contributed by atoms with Gasteiger partial charge in [-0.1, -0.05) is 6.07 Å². The summed E-state index contributed by atoms with van der Waals surface area (Å²) in [4.78, 5) is 10.9. The molecule has 0 unspecified atom stereocenters. The normalized spacial score (nSPS) is 17.7. The quantitative estimate of drug-likeness (QED) is 0.676. The van der Waals surface area contributed by atoms with Gasteiger partial charge in [0.05, 0.1) is 11.6 Å². The van der Waals surface area contributed by atoms with Crippen LogP contribution in [0.5, 0.6) is 0 Å². The number of esters is 1. The summed E-state index contributed by atoms with van der Waals surface area (Å²) in [5, 5.41) is 8.93. The van der Waals surface area contributed by atoms with Crippen molar-refractivity contribution in [3.63, 3.8) is 0 Å². The fourth-order valence-corrected chi connectivity index (χ4v) is 2.29. The minimum Gasteiger partial charge on any atom is -0.458 e. The lowest BCUT2D eigenvalue weighted by Gasteiger charge is -2.12. The van der Waals surface area contributed by atoms with Crippen LogP contribution in [0.25, 0.3) is 0 Å². The summed E-state index contributed by atoms with van der Waals surface area (Å²) in [5.74, 6) is -0.250. The average molecular weight is 215 g/mol. The van der Waals surface area contributed by atoms with Gasteiger partial charge in [0.15, 0.2) is 0 Å². The van der Waals surface area contributed by atoms with Gasteiger partial charge in [-0.2, -0.15) is 5.26 Å². The number of rotatable bonds is 1. The van der Waals surface area contributed by atoms with Crippen LogP contribution in [0.1, 0.15) is 41.7 Å². The van der Waals surface area contributed by atoms with Crippen LogP contribution in [0.15, 0.2) is 12.1 Å². The van der Waals surface area contributed by atoms with Crippen LogP contribution in [0.3, 0.4) is 0 Å². The Morgan fingerprint density at radius 2 is 2.31 bits per heavy atom. The number of hydrogen-bond acceptors (Lipinski definition) is 3. The molecule has 1 aromatic carbocycles. The Balaban J connectivity index is 2.39. The third kappa shape index (κ3) is 1.67. The number of ether oxygens (including phenoxy) is 1. The van der Waals surface area contributed by atoms with Gasteiger partial charge in [0.2, 0.25) is 0 Å². The van der Waals surface area contributed by atoms with E-state index in [1.807, 2.05) is 13.0 Å². The van der Waals surface area contributed by atoms with E-state index in [1.165, 1.54) is 12.5 Å². The highest BCUT2D eigenvalue weighted by Gasteiger charge is 2.26. The molecule has 1 aliphatic carbocycles. The standard InChI is InChI=1S/C13H13NO2/c1-8-10(7-14)3-4-12-11(8)5-6-13(12)16-9(2)15/h3-4,13H,5-6H2,1-2H3/t13-/m1/s1. The highest BCUT2D eigenvalue weighted by molar-refractivity contribution is 5.66. The van der Waals surface area contributed by atoms with E-state index in [-0.39, 0.29) is 12.1 Å². The first-order chi connectivity index (χ1) is 7.63. The highest BCUT2D eigenvalue weighted by atomic mass is 16.5. The van der Waals surface area contributed by atoms with Gasteiger partial charge in [-0.25, -0.2) is 0 Å². The van der Waals surface area contributed by atoms with Crippen LogP contribution in [0.2, 0.25) is 0 Å². The van der Waals surface area contributed by atoms with Gasteiger partial charge in [-0.05, 0) is 42.5 Å². The topological polar surface area (TPSA) is 50.1 Å². The van der Waals surface area contributed by atoms with Gasteiger partial charge in [-0.15, -0.1) is 0 Å². The Labute approximate surface area is 94.6 Å². The molecule has 82 valence electrons. The maximum atomic E-state index is 10.9. The lowest BCUT2D eigenvalue weighted by Crippen LogP contribution is -2.05. The molecule has 16 heavy (non-hydrogen) atoms. The zero-order valence-corrected chi connectivity index (χ0v) is 9.41. The maximum Gasteiger partial charge on any atom is 0.303 e. The van der Waals surface area contributed by atoms with E-state index in [0.29, 0.717) is 5.56 Å². The van der Waals surface area contributed by atoms with E-state index >= 15 is 0 Å². The molecule has 0 N–H and O–H groups in total. The van der Waals surface area contributed by atoms with E-state index in [2.05, 4.69) is 6.07 Å². The van der Waals surface area contributed by atoms with Crippen LogP contribution in [0.4, 0.5) is 0 Å². The molecule has 0 heterocycles. The molecule has 2 rings (SSSR count). The molecule has 3 heteroatoms. The smallest absolute Gasteiger partial charge is 0.303 e. The molecule has 0 radical (unpaired) electrons. The van der Waals surface area contributed by atoms with E-state index in [9.17, 15) is 4.79 Å². The Bertz CT molecular complexity index is 485.